The number of carbonyl (C=O) groups is 1. The number of nitrogens with two attached hydrogens (primary N) is 1. The van der Waals surface area contributed by atoms with Gasteiger partial charge in [0.05, 0.1) is 11.7 Å². The van der Waals surface area contributed by atoms with Crippen molar-refractivity contribution in [3.63, 3.8) is 0 Å². The van der Waals surface area contributed by atoms with Crippen LogP contribution < -0.4 is 5.73 Å². The average molecular weight is 270 g/mol. The Morgan fingerprint density at radius 3 is 2.39 bits per heavy atom. The van der Waals surface area contributed by atoms with E-state index in [2.05, 4.69) is 4.98 Å². The Kier molecular flexibility index (Phi) is 4.50. The van der Waals surface area contributed by atoms with Crippen LogP contribution in [0.15, 0.2) is 0 Å². The van der Waals surface area contributed by atoms with Crippen molar-refractivity contribution in [2.45, 2.75) is 47.1 Å². The molecule has 0 spiro atoms. The van der Waals surface area contributed by atoms with E-state index in [1.54, 1.807) is 0 Å². The van der Waals surface area contributed by atoms with Crippen LogP contribution in [0.4, 0.5) is 0 Å². The third-order valence-corrected chi connectivity index (χ3v) is 3.88. The van der Waals surface area contributed by atoms with Crippen molar-refractivity contribution in [2.24, 2.45) is 17.1 Å². The molecule has 0 aromatic carbocycles. The molecule has 1 rings (SSSR count). The second kappa shape index (κ2) is 5.36. The van der Waals surface area contributed by atoms with Crippen molar-refractivity contribution in [1.29, 1.82) is 0 Å². The molecule has 1 aromatic rings. The van der Waals surface area contributed by atoms with Gasteiger partial charge in [-0.05, 0) is 17.8 Å². The summed E-state index contributed by atoms with van der Waals surface area (Å²) in [6.45, 7) is 10.2. The summed E-state index contributed by atoms with van der Waals surface area (Å²) in [5.74, 6) is -0.528. The predicted molar refractivity (Wildman–Crippen MR) is 74.0 cm³/mol. The monoisotopic (exact) mass is 270 g/mol. The zero-order valence-electron chi connectivity index (χ0n) is 11.7. The lowest BCUT2D eigenvalue weighted by Crippen LogP contribution is -2.26. The Balaban J connectivity index is 3.13. The molecule has 102 valence electrons. The highest BCUT2D eigenvalue weighted by Crippen LogP contribution is 2.34. The fourth-order valence-corrected chi connectivity index (χ4v) is 2.75. The van der Waals surface area contributed by atoms with Crippen molar-refractivity contribution in [2.75, 3.05) is 0 Å². The highest BCUT2D eigenvalue weighted by atomic mass is 32.1. The number of aromatic nitrogens is 1. The lowest BCUT2D eigenvalue weighted by atomic mass is 9.88. The van der Waals surface area contributed by atoms with Gasteiger partial charge in [-0.15, -0.1) is 11.3 Å². The average Bonchev–Trinajstić information content (AvgIpc) is 2.58. The minimum atomic E-state index is -0.907. The van der Waals surface area contributed by atoms with Gasteiger partial charge < -0.3 is 10.8 Å². The Morgan fingerprint density at radius 2 is 2.00 bits per heavy atom. The minimum absolute atomic E-state index is 0.122. The Bertz CT molecular complexity index is 433. The molecule has 0 aliphatic rings. The normalized spacial score (nSPS) is 13.9. The number of carboxylic acids is 1. The second-order valence-corrected chi connectivity index (χ2v) is 7.11. The first-order valence-electron chi connectivity index (χ1n) is 6.11. The van der Waals surface area contributed by atoms with Crippen LogP contribution in [0.5, 0.6) is 0 Å². The smallest absolute Gasteiger partial charge is 0.347 e. The number of nitrogens with zero attached hydrogens (tertiary/aromatic N) is 1. The molecule has 0 amide bonds. The highest BCUT2D eigenvalue weighted by molar-refractivity contribution is 7.13. The van der Waals surface area contributed by atoms with Crippen molar-refractivity contribution < 1.29 is 9.90 Å². The summed E-state index contributed by atoms with van der Waals surface area (Å²) in [6.07, 6.45) is 0.676. The van der Waals surface area contributed by atoms with Crippen LogP contribution in [0.1, 0.15) is 61.0 Å². The molecule has 0 aliphatic carbocycles. The van der Waals surface area contributed by atoms with E-state index in [1.807, 2.05) is 34.6 Å². The van der Waals surface area contributed by atoms with Crippen LogP contribution in [0.3, 0.4) is 0 Å². The predicted octanol–water partition coefficient (Wildman–Crippen LogP) is 3.09. The molecule has 1 aromatic heterocycles. The molecule has 1 heterocycles. The van der Waals surface area contributed by atoms with E-state index in [4.69, 9.17) is 5.73 Å². The van der Waals surface area contributed by atoms with Gasteiger partial charge in [0, 0.05) is 0 Å². The lowest BCUT2D eigenvalue weighted by Gasteiger charge is -2.24. The zero-order valence-corrected chi connectivity index (χ0v) is 12.5. The summed E-state index contributed by atoms with van der Waals surface area (Å²) in [6, 6.07) is -0.235. The first kappa shape index (κ1) is 15.1. The van der Waals surface area contributed by atoms with E-state index in [-0.39, 0.29) is 11.5 Å². The number of aromatic carboxylic acids is 1. The van der Waals surface area contributed by atoms with Gasteiger partial charge in [0.15, 0.2) is 0 Å². The van der Waals surface area contributed by atoms with E-state index in [9.17, 15) is 9.90 Å². The van der Waals surface area contributed by atoms with Crippen molar-refractivity contribution in [3.8, 4) is 0 Å². The van der Waals surface area contributed by atoms with E-state index in [0.29, 0.717) is 22.9 Å². The van der Waals surface area contributed by atoms with Crippen molar-refractivity contribution in [3.05, 3.63) is 15.6 Å². The Morgan fingerprint density at radius 1 is 1.44 bits per heavy atom. The van der Waals surface area contributed by atoms with Crippen LogP contribution in [0, 0.1) is 11.3 Å². The van der Waals surface area contributed by atoms with E-state index in [0.717, 1.165) is 5.01 Å². The van der Waals surface area contributed by atoms with Gasteiger partial charge in [0.1, 0.15) is 9.88 Å². The highest BCUT2D eigenvalue weighted by Gasteiger charge is 2.28. The molecular formula is C13H22N2O2S. The van der Waals surface area contributed by atoms with Gasteiger partial charge in [-0.2, -0.15) is 0 Å². The number of carboxylic acid groups (broad SMARTS) is 1. The number of hydrogen-bond acceptors (Lipinski definition) is 4. The number of hydrogen-bond donors (Lipinski definition) is 2. The summed E-state index contributed by atoms with van der Waals surface area (Å²) < 4.78 is 0. The lowest BCUT2D eigenvalue weighted by molar-refractivity contribution is 0.0700. The third kappa shape index (κ3) is 3.53. The van der Waals surface area contributed by atoms with Gasteiger partial charge in [-0.3, -0.25) is 0 Å². The maximum Gasteiger partial charge on any atom is 0.347 e. The van der Waals surface area contributed by atoms with Crippen molar-refractivity contribution in [1.82, 2.24) is 4.98 Å². The maximum atomic E-state index is 11.2. The Labute approximate surface area is 112 Å². The molecule has 0 radical (unpaired) electrons. The molecular weight excluding hydrogens is 248 g/mol. The second-order valence-electron chi connectivity index (χ2n) is 6.07. The third-order valence-electron chi connectivity index (χ3n) is 2.71. The SMILES string of the molecule is CC(C)Cc1nc(C(N)C(C)(C)C)sc1C(=O)O. The molecule has 0 saturated carbocycles. The van der Waals surface area contributed by atoms with Gasteiger partial charge in [0.25, 0.3) is 0 Å². The van der Waals surface area contributed by atoms with Crippen LogP contribution >= 0.6 is 11.3 Å². The molecule has 0 fully saturated rings. The van der Waals surface area contributed by atoms with Gasteiger partial charge in [-0.1, -0.05) is 34.6 Å². The van der Waals surface area contributed by atoms with E-state index in [1.165, 1.54) is 11.3 Å². The molecule has 3 N–H and O–H groups in total. The van der Waals surface area contributed by atoms with Gasteiger partial charge >= 0.3 is 5.97 Å². The van der Waals surface area contributed by atoms with Crippen molar-refractivity contribution >= 4 is 17.3 Å². The zero-order chi connectivity index (χ0) is 14.1. The summed E-state index contributed by atoms with van der Waals surface area (Å²) in [7, 11) is 0. The van der Waals surface area contributed by atoms with Crippen LogP contribution in [0.25, 0.3) is 0 Å². The molecule has 4 nitrogen and oxygen atoms in total. The maximum absolute atomic E-state index is 11.2. The molecule has 1 unspecified atom stereocenters. The first-order chi connectivity index (χ1) is 8.12. The fourth-order valence-electron chi connectivity index (χ4n) is 1.57. The topological polar surface area (TPSA) is 76.2 Å². The summed E-state index contributed by atoms with van der Waals surface area (Å²) in [4.78, 5) is 16.0. The fraction of sp³-hybridized carbons (Fsp3) is 0.692. The molecule has 0 bridgehead atoms. The quantitative estimate of drug-likeness (QED) is 0.881. The van der Waals surface area contributed by atoms with E-state index < -0.39 is 5.97 Å². The molecule has 18 heavy (non-hydrogen) atoms. The first-order valence-corrected chi connectivity index (χ1v) is 6.93. The number of thiazole rings is 1. The molecule has 1 atom stereocenters. The minimum Gasteiger partial charge on any atom is -0.477 e. The standard InChI is InChI=1S/C13H22N2O2S/c1-7(2)6-8-9(12(16)17)18-11(15-8)10(14)13(3,4)5/h7,10H,6,14H2,1-5H3,(H,16,17). The molecule has 5 heteroatoms. The largest absolute Gasteiger partial charge is 0.477 e. The molecule has 0 saturated heterocycles. The molecule has 0 aliphatic heterocycles. The van der Waals surface area contributed by atoms with Crippen LogP contribution in [-0.4, -0.2) is 16.1 Å². The number of rotatable bonds is 4. The van der Waals surface area contributed by atoms with Gasteiger partial charge in [-0.25, -0.2) is 9.78 Å². The van der Waals surface area contributed by atoms with Crippen LogP contribution in [-0.2, 0) is 6.42 Å². The van der Waals surface area contributed by atoms with Crippen LogP contribution in [0.2, 0.25) is 0 Å². The van der Waals surface area contributed by atoms with Gasteiger partial charge in [0.2, 0.25) is 0 Å². The Hall–Kier alpha value is -0.940. The summed E-state index contributed by atoms with van der Waals surface area (Å²) in [5, 5.41) is 9.92. The van der Waals surface area contributed by atoms with E-state index >= 15 is 0 Å². The summed E-state index contributed by atoms with van der Waals surface area (Å²) >= 11 is 1.21. The summed E-state index contributed by atoms with van der Waals surface area (Å²) in [5.41, 5.74) is 6.68.